The van der Waals surface area contributed by atoms with Crippen LogP contribution in [0, 0.1) is 0 Å². The molecule has 1 aliphatic rings. The zero-order chi connectivity index (χ0) is 15.7. The fourth-order valence-corrected chi connectivity index (χ4v) is 3.43. The standard InChI is InChI=1S/C16H10ClNO2S2/c17-11-3-5-12(6-4-11)18-15(20)14(22-16(18)21)9-10-1-7-13(19)8-2-10/h1-9,19H. The van der Waals surface area contributed by atoms with Crippen LogP contribution in [0.25, 0.3) is 6.08 Å². The van der Waals surface area contributed by atoms with Crippen molar-refractivity contribution in [3.05, 3.63) is 64.0 Å². The molecule has 3 rings (SSSR count). The van der Waals surface area contributed by atoms with Crippen molar-refractivity contribution in [3.8, 4) is 5.75 Å². The van der Waals surface area contributed by atoms with E-state index < -0.39 is 0 Å². The van der Waals surface area contributed by atoms with Gasteiger partial charge < -0.3 is 5.11 Å². The van der Waals surface area contributed by atoms with Gasteiger partial charge in [-0.25, -0.2) is 0 Å². The minimum Gasteiger partial charge on any atom is -0.508 e. The lowest BCUT2D eigenvalue weighted by molar-refractivity contribution is -0.113. The predicted molar refractivity (Wildman–Crippen MR) is 95.2 cm³/mol. The molecule has 0 atom stereocenters. The number of hydrogen-bond acceptors (Lipinski definition) is 4. The van der Waals surface area contributed by atoms with Crippen LogP contribution in [0.5, 0.6) is 5.75 Å². The summed E-state index contributed by atoms with van der Waals surface area (Å²) >= 11 is 12.4. The Hall–Kier alpha value is -1.82. The highest BCUT2D eigenvalue weighted by Gasteiger charge is 2.33. The van der Waals surface area contributed by atoms with Gasteiger partial charge in [-0.2, -0.15) is 0 Å². The second-order valence-electron chi connectivity index (χ2n) is 4.59. The van der Waals surface area contributed by atoms with E-state index in [1.165, 1.54) is 16.7 Å². The quantitative estimate of drug-likeness (QED) is 0.643. The number of benzene rings is 2. The van der Waals surface area contributed by atoms with Crippen LogP contribution in [0.3, 0.4) is 0 Å². The first-order valence-corrected chi connectivity index (χ1v) is 7.97. The number of aromatic hydroxyl groups is 1. The van der Waals surface area contributed by atoms with Gasteiger partial charge in [-0.05, 0) is 48.0 Å². The Morgan fingerprint density at radius 2 is 1.73 bits per heavy atom. The number of hydrogen-bond donors (Lipinski definition) is 1. The summed E-state index contributed by atoms with van der Waals surface area (Å²) in [5.41, 5.74) is 1.52. The van der Waals surface area contributed by atoms with Gasteiger partial charge in [-0.1, -0.05) is 47.7 Å². The maximum absolute atomic E-state index is 12.5. The average molecular weight is 348 g/mol. The number of nitrogens with zero attached hydrogens (tertiary/aromatic N) is 1. The van der Waals surface area contributed by atoms with E-state index in [-0.39, 0.29) is 11.7 Å². The first-order valence-electron chi connectivity index (χ1n) is 6.37. The second kappa shape index (κ2) is 6.12. The minimum absolute atomic E-state index is 0.162. The molecule has 6 heteroatoms. The van der Waals surface area contributed by atoms with E-state index >= 15 is 0 Å². The van der Waals surface area contributed by atoms with Crippen LogP contribution in [0.2, 0.25) is 5.02 Å². The van der Waals surface area contributed by atoms with Gasteiger partial charge >= 0.3 is 0 Å². The number of thiocarbonyl (C=S) groups is 1. The molecule has 1 N–H and O–H groups in total. The van der Waals surface area contributed by atoms with E-state index in [1.54, 1.807) is 54.6 Å². The molecule has 1 aliphatic heterocycles. The molecular weight excluding hydrogens is 338 g/mol. The summed E-state index contributed by atoms with van der Waals surface area (Å²) in [6.45, 7) is 0. The van der Waals surface area contributed by atoms with Crippen molar-refractivity contribution in [3.63, 3.8) is 0 Å². The SMILES string of the molecule is O=C1C(=Cc2ccc(O)cc2)SC(=S)N1c1ccc(Cl)cc1. The van der Waals surface area contributed by atoms with Crippen molar-refractivity contribution < 1.29 is 9.90 Å². The third-order valence-electron chi connectivity index (χ3n) is 3.07. The number of amides is 1. The van der Waals surface area contributed by atoms with Crippen LogP contribution in [0.1, 0.15) is 5.56 Å². The first kappa shape index (κ1) is 15.1. The van der Waals surface area contributed by atoms with E-state index in [2.05, 4.69) is 0 Å². The molecule has 110 valence electrons. The van der Waals surface area contributed by atoms with Crippen molar-refractivity contribution in [1.82, 2.24) is 0 Å². The lowest BCUT2D eigenvalue weighted by Gasteiger charge is -2.14. The lowest BCUT2D eigenvalue weighted by Crippen LogP contribution is -2.27. The van der Waals surface area contributed by atoms with Crippen LogP contribution >= 0.6 is 35.6 Å². The normalized spacial score (nSPS) is 16.6. The molecule has 22 heavy (non-hydrogen) atoms. The maximum Gasteiger partial charge on any atom is 0.270 e. The molecule has 0 aliphatic carbocycles. The Morgan fingerprint density at radius 3 is 2.36 bits per heavy atom. The molecule has 3 nitrogen and oxygen atoms in total. The number of rotatable bonds is 2. The summed E-state index contributed by atoms with van der Waals surface area (Å²) in [7, 11) is 0. The number of thioether (sulfide) groups is 1. The van der Waals surface area contributed by atoms with Crippen molar-refractivity contribution in [2.75, 3.05) is 4.90 Å². The molecule has 2 aromatic carbocycles. The van der Waals surface area contributed by atoms with Crippen molar-refractivity contribution in [2.45, 2.75) is 0 Å². The van der Waals surface area contributed by atoms with Gasteiger partial charge in [0.25, 0.3) is 5.91 Å². The van der Waals surface area contributed by atoms with Crippen molar-refractivity contribution in [2.24, 2.45) is 0 Å². The molecular formula is C16H10ClNO2S2. The summed E-state index contributed by atoms with van der Waals surface area (Å²) in [5, 5.41) is 9.90. The first-order chi connectivity index (χ1) is 10.5. The number of halogens is 1. The van der Waals surface area contributed by atoms with Crippen LogP contribution in [-0.2, 0) is 4.79 Å². The smallest absolute Gasteiger partial charge is 0.270 e. The molecule has 2 aromatic rings. The van der Waals surface area contributed by atoms with Crippen LogP contribution in [0.4, 0.5) is 5.69 Å². The molecule has 1 saturated heterocycles. The Kier molecular flexibility index (Phi) is 4.20. The van der Waals surface area contributed by atoms with Crippen LogP contribution < -0.4 is 4.90 Å². The molecule has 1 amide bonds. The van der Waals surface area contributed by atoms with Gasteiger partial charge in [0.1, 0.15) is 5.75 Å². The average Bonchev–Trinajstić information content (AvgIpc) is 2.77. The Balaban J connectivity index is 1.91. The fourth-order valence-electron chi connectivity index (χ4n) is 2.00. The topological polar surface area (TPSA) is 40.5 Å². The van der Waals surface area contributed by atoms with Gasteiger partial charge in [0.15, 0.2) is 4.32 Å². The van der Waals surface area contributed by atoms with E-state index in [0.717, 1.165) is 5.56 Å². The van der Waals surface area contributed by atoms with E-state index in [4.69, 9.17) is 23.8 Å². The highest BCUT2D eigenvalue weighted by atomic mass is 35.5. The highest BCUT2D eigenvalue weighted by Crippen LogP contribution is 2.36. The number of carbonyl (C=O) groups is 1. The van der Waals surface area contributed by atoms with E-state index in [0.29, 0.717) is 19.9 Å². The summed E-state index contributed by atoms with van der Waals surface area (Å²) in [5.74, 6) is 0.0243. The third kappa shape index (κ3) is 3.02. The zero-order valence-electron chi connectivity index (χ0n) is 11.2. The van der Waals surface area contributed by atoms with Gasteiger partial charge in [0.05, 0.1) is 10.6 Å². The molecule has 0 spiro atoms. The molecule has 0 radical (unpaired) electrons. The third-order valence-corrected chi connectivity index (χ3v) is 4.62. The number of anilines is 1. The Bertz CT molecular complexity index is 770. The molecule has 1 fully saturated rings. The molecule has 0 saturated carbocycles. The largest absolute Gasteiger partial charge is 0.508 e. The molecule has 1 heterocycles. The summed E-state index contributed by atoms with van der Waals surface area (Å²) in [4.78, 5) is 14.6. The molecule has 0 aromatic heterocycles. The van der Waals surface area contributed by atoms with Crippen molar-refractivity contribution >= 4 is 57.6 Å². The lowest BCUT2D eigenvalue weighted by atomic mass is 10.2. The monoisotopic (exact) mass is 347 g/mol. The zero-order valence-corrected chi connectivity index (χ0v) is 13.6. The Labute approximate surface area is 142 Å². The molecule has 0 bridgehead atoms. The van der Waals surface area contributed by atoms with Gasteiger partial charge in [-0.3, -0.25) is 9.69 Å². The number of carbonyl (C=O) groups excluding carboxylic acids is 1. The molecule has 0 unspecified atom stereocenters. The van der Waals surface area contributed by atoms with Crippen molar-refractivity contribution in [1.29, 1.82) is 0 Å². The van der Waals surface area contributed by atoms with Gasteiger partial charge in [-0.15, -0.1) is 0 Å². The van der Waals surface area contributed by atoms with E-state index in [9.17, 15) is 9.90 Å². The van der Waals surface area contributed by atoms with Crippen LogP contribution in [0.15, 0.2) is 53.4 Å². The number of phenolic OH excluding ortho intramolecular Hbond substituents is 1. The summed E-state index contributed by atoms with van der Waals surface area (Å²) < 4.78 is 0.484. The van der Waals surface area contributed by atoms with Gasteiger partial charge in [0, 0.05) is 5.02 Å². The second-order valence-corrected chi connectivity index (χ2v) is 6.70. The highest BCUT2D eigenvalue weighted by molar-refractivity contribution is 8.27. The fraction of sp³-hybridized carbons (Fsp3) is 0. The predicted octanol–water partition coefficient (Wildman–Crippen LogP) is 4.45. The Morgan fingerprint density at radius 1 is 1.09 bits per heavy atom. The van der Waals surface area contributed by atoms with Crippen LogP contribution in [-0.4, -0.2) is 15.3 Å². The number of phenols is 1. The minimum atomic E-state index is -0.162. The summed E-state index contributed by atoms with van der Waals surface area (Å²) in [6.07, 6.45) is 1.76. The maximum atomic E-state index is 12.5. The summed E-state index contributed by atoms with van der Waals surface area (Å²) in [6, 6.07) is 13.6. The van der Waals surface area contributed by atoms with Gasteiger partial charge in [0.2, 0.25) is 0 Å². The van der Waals surface area contributed by atoms with E-state index in [1.807, 2.05) is 0 Å².